The molecular formula is C17H18N4O. The van der Waals surface area contributed by atoms with Crippen molar-refractivity contribution in [3.05, 3.63) is 48.3 Å². The average Bonchev–Trinajstić information content (AvgIpc) is 2.76. The largest absolute Gasteiger partial charge is 0.492 e. The Balaban J connectivity index is 1.77. The van der Waals surface area contributed by atoms with E-state index < -0.39 is 0 Å². The van der Waals surface area contributed by atoms with Crippen LogP contribution < -0.4 is 10.5 Å². The first-order valence-electron chi connectivity index (χ1n) is 7.38. The maximum absolute atomic E-state index is 5.81. The minimum Gasteiger partial charge on any atom is -0.492 e. The number of ether oxygens (including phenoxy) is 1. The van der Waals surface area contributed by atoms with Crippen molar-refractivity contribution in [2.75, 3.05) is 25.9 Å². The number of anilines is 1. The molecule has 0 radical (unpaired) electrons. The van der Waals surface area contributed by atoms with E-state index in [0.29, 0.717) is 5.82 Å². The van der Waals surface area contributed by atoms with E-state index in [1.54, 1.807) is 0 Å². The van der Waals surface area contributed by atoms with Crippen LogP contribution in [0, 0.1) is 0 Å². The maximum atomic E-state index is 5.81. The molecule has 2 aromatic heterocycles. The highest BCUT2D eigenvalue weighted by Gasteiger charge is 2.13. The Morgan fingerprint density at radius 3 is 2.91 bits per heavy atom. The molecule has 1 aromatic carbocycles. The lowest BCUT2D eigenvalue weighted by Crippen LogP contribution is -2.20. The van der Waals surface area contributed by atoms with Gasteiger partial charge in [0.2, 0.25) is 0 Å². The van der Waals surface area contributed by atoms with Gasteiger partial charge in [0, 0.05) is 24.8 Å². The summed E-state index contributed by atoms with van der Waals surface area (Å²) in [4.78, 5) is 6.53. The molecule has 0 atom stereocenters. The zero-order valence-corrected chi connectivity index (χ0v) is 12.5. The summed E-state index contributed by atoms with van der Waals surface area (Å²) in [6, 6.07) is 10.4. The number of hydrogen-bond donors (Lipinski definition) is 1. The first kappa shape index (κ1) is 13.2. The molecule has 4 rings (SSSR count). The van der Waals surface area contributed by atoms with Gasteiger partial charge in [-0.1, -0.05) is 6.07 Å². The van der Waals surface area contributed by atoms with Crippen LogP contribution in [0.1, 0.15) is 5.56 Å². The van der Waals surface area contributed by atoms with E-state index in [1.165, 1.54) is 11.1 Å². The van der Waals surface area contributed by atoms with Crippen LogP contribution in [0.25, 0.3) is 16.8 Å². The quantitative estimate of drug-likeness (QED) is 0.749. The number of hydrogen-bond acceptors (Lipinski definition) is 4. The number of likely N-dealkylation sites (N-methyl/N-ethyl adjacent to an activating group) is 1. The smallest absolute Gasteiger partial charge is 0.142 e. The lowest BCUT2D eigenvalue weighted by molar-refractivity contribution is 0.259. The molecule has 1 aliphatic heterocycles. The number of rotatable bonds is 1. The van der Waals surface area contributed by atoms with E-state index in [-0.39, 0.29) is 0 Å². The topological polar surface area (TPSA) is 55.8 Å². The molecule has 112 valence electrons. The van der Waals surface area contributed by atoms with E-state index >= 15 is 0 Å². The van der Waals surface area contributed by atoms with E-state index in [0.717, 1.165) is 36.7 Å². The van der Waals surface area contributed by atoms with Gasteiger partial charge >= 0.3 is 0 Å². The Morgan fingerprint density at radius 2 is 2.00 bits per heavy atom. The van der Waals surface area contributed by atoms with Gasteiger partial charge in [-0.3, -0.25) is 4.90 Å². The first-order valence-corrected chi connectivity index (χ1v) is 7.38. The second-order valence-electron chi connectivity index (χ2n) is 5.76. The zero-order valence-electron chi connectivity index (χ0n) is 12.5. The molecule has 3 heterocycles. The standard InChI is InChI=1S/C17H18N4O/c1-20-6-7-22-15-4-2-12(8-14(15)9-20)13-3-5-17-19-16(18)11-21(17)10-13/h2-5,8,10-11H,6-7,9,18H2,1H3. The highest BCUT2D eigenvalue weighted by atomic mass is 16.5. The summed E-state index contributed by atoms with van der Waals surface area (Å²) < 4.78 is 7.77. The molecular weight excluding hydrogens is 276 g/mol. The minimum atomic E-state index is 0.536. The van der Waals surface area contributed by atoms with Crippen LogP contribution in [0.15, 0.2) is 42.7 Å². The molecule has 0 saturated heterocycles. The van der Waals surface area contributed by atoms with Gasteiger partial charge in [-0.2, -0.15) is 0 Å². The van der Waals surface area contributed by atoms with Crippen LogP contribution in [0.3, 0.4) is 0 Å². The van der Waals surface area contributed by atoms with E-state index in [4.69, 9.17) is 10.5 Å². The van der Waals surface area contributed by atoms with E-state index in [1.807, 2.05) is 16.7 Å². The minimum absolute atomic E-state index is 0.536. The number of nitrogens with zero attached hydrogens (tertiary/aromatic N) is 3. The Kier molecular flexibility index (Phi) is 3.01. The predicted molar refractivity (Wildman–Crippen MR) is 86.9 cm³/mol. The summed E-state index contributed by atoms with van der Waals surface area (Å²) in [5.74, 6) is 1.52. The normalized spacial score (nSPS) is 15.3. The number of imidazole rings is 1. The van der Waals surface area contributed by atoms with Crippen LogP contribution in [0.4, 0.5) is 5.82 Å². The first-order chi connectivity index (χ1) is 10.7. The zero-order chi connectivity index (χ0) is 15.1. The van der Waals surface area contributed by atoms with Crippen molar-refractivity contribution in [3.8, 4) is 16.9 Å². The van der Waals surface area contributed by atoms with Gasteiger partial charge in [-0.25, -0.2) is 4.98 Å². The van der Waals surface area contributed by atoms with Gasteiger partial charge in [-0.15, -0.1) is 0 Å². The third kappa shape index (κ3) is 2.29. The summed E-state index contributed by atoms with van der Waals surface area (Å²) in [6.45, 7) is 2.59. The van der Waals surface area contributed by atoms with Crippen LogP contribution in [0.5, 0.6) is 5.75 Å². The molecule has 5 nitrogen and oxygen atoms in total. The molecule has 1 aliphatic rings. The molecule has 2 N–H and O–H groups in total. The van der Waals surface area contributed by atoms with Crippen molar-refractivity contribution in [1.82, 2.24) is 14.3 Å². The predicted octanol–water partition coefficient (Wildman–Crippen LogP) is 2.41. The molecule has 0 saturated carbocycles. The molecule has 22 heavy (non-hydrogen) atoms. The van der Waals surface area contributed by atoms with Crippen molar-refractivity contribution in [2.45, 2.75) is 6.54 Å². The van der Waals surface area contributed by atoms with Crippen LogP contribution >= 0.6 is 0 Å². The van der Waals surface area contributed by atoms with Gasteiger partial charge in [0.05, 0.1) is 6.20 Å². The van der Waals surface area contributed by atoms with Gasteiger partial charge in [0.25, 0.3) is 0 Å². The van der Waals surface area contributed by atoms with Gasteiger partial charge in [-0.05, 0) is 42.4 Å². The summed E-state index contributed by atoms with van der Waals surface area (Å²) in [7, 11) is 2.12. The summed E-state index contributed by atoms with van der Waals surface area (Å²) >= 11 is 0. The maximum Gasteiger partial charge on any atom is 0.142 e. The third-order valence-electron chi connectivity index (χ3n) is 4.03. The van der Waals surface area contributed by atoms with E-state index in [9.17, 15) is 0 Å². The number of nitrogens with two attached hydrogens (primary N) is 1. The van der Waals surface area contributed by atoms with Crippen molar-refractivity contribution in [3.63, 3.8) is 0 Å². The van der Waals surface area contributed by atoms with Crippen molar-refractivity contribution >= 4 is 11.5 Å². The third-order valence-corrected chi connectivity index (χ3v) is 4.03. The molecule has 0 bridgehead atoms. The molecule has 0 unspecified atom stereocenters. The Hall–Kier alpha value is -2.53. The molecule has 0 fully saturated rings. The number of benzene rings is 1. The van der Waals surface area contributed by atoms with Crippen molar-refractivity contribution in [2.24, 2.45) is 0 Å². The second-order valence-corrected chi connectivity index (χ2v) is 5.76. The van der Waals surface area contributed by atoms with Crippen LogP contribution in [-0.2, 0) is 6.54 Å². The molecule has 0 aliphatic carbocycles. The lowest BCUT2D eigenvalue weighted by atomic mass is 10.0. The van der Waals surface area contributed by atoms with Crippen molar-refractivity contribution < 1.29 is 4.74 Å². The summed E-state index contributed by atoms with van der Waals surface area (Å²) in [6.07, 6.45) is 3.89. The Morgan fingerprint density at radius 1 is 1.14 bits per heavy atom. The fourth-order valence-corrected chi connectivity index (χ4v) is 2.89. The molecule has 0 amide bonds. The summed E-state index contributed by atoms with van der Waals surface area (Å²) in [5, 5.41) is 0. The highest BCUT2D eigenvalue weighted by molar-refractivity contribution is 5.67. The molecule has 0 spiro atoms. The number of nitrogen functional groups attached to an aromatic ring is 1. The molecule has 3 aromatic rings. The Labute approximate surface area is 128 Å². The Bertz CT molecular complexity index is 840. The number of aromatic nitrogens is 2. The van der Waals surface area contributed by atoms with E-state index in [2.05, 4.69) is 47.4 Å². The summed E-state index contributed by atoms with van der Waals surface area (Å²) in [5.41, 5.74) is 10.1. The van der Waals surface area contributed by atoms with Gasteiger partial charge in [0.15, 0.2) is 0 Å². The molecule has 5 heteroatoms. The lowest BCUT2D eigenvalue weighted by Gasteiger charge is -2.12. The van der Waals surface area contributed by atoms with Gasteiger partial charge in [0.1, 0.15) is 23.8 Å². The van der Waals surface area contributed by atoms with Crippen molar-refractivity contribution in [1.29, 1.82) is 0 Å². The fraction of sp³-hybridized carbons (Fsp3) is 0.235. The number of fused-ring (bicyclic) bond motifs is 2. The van der Waals surface area contributed by atoms with Crippen LogP contribution in [0.2, 0.25) is 0 Å². The average molecular weight is 294 g/mol. The van der Waals surface area contributed by atoms with Gasteiger partial charge < -0.3 is 14.9 Å². The van der Waals surface area contributed by atoms with Crippen LogP contribution in [-0.4, -0.2) is 34.5 Å². The monoisotopic (exact) mass is 294 g/mol. The second kappa shape index (κ2) is 5.03. The fourth-order valence-electron chi connectivity index (χ4n) is 2.89. The SMILES string of the molecule is CN1CCOc2ccc(-c3ccc4nc(N)cn4c3)cc2C1. The number of pyridine rings is 1. The highest BCUT2D eigenvalue weighted by Crippen LogP contribution is 2.29.